The number of carbonyl (C=O) groups is 1. The molecule has 0 aliphatic carbocycles. The van der Waals surface area contributed by atoms with Crippen molar-refractivity contribution in [2.24, 2.45) is 5.73 Å². The third-order valence-electron chi connectivity index (χ3n) is 3.17. The second-order valence-electron chi connectivity index (χ2n) is 4.35. The largest absolute Gasteiger partial charge is 0.496 e. The smallest absolute Gasteiger partial charge is 0.248 e. The monoisotopic (exact) mass is 271 g/mol. The van der Waals surface area contributed by atoms with Crippen LogP contribution in [0.3, 0.4) is 0 Å². The molecule has 20 heavy (non-hydrogen) atoms. The highest BCUT2D eigenvalue weighted by Gasteiger charge is 2.16. The van der Waals surface area contributed by atoms with Crippen LogP contribution in [0.15, 0.2) is 36.4 Å². The van der Waals surface area contributed by atoms with Gasteiger partial charge in [-0.05, 0) is 35.9 Å². The molecule has 2 N–H and O–H groups in total. The maximum absolute atomic E-state index is 11.3. The molecule has 0 radical (unpaired) electrons. The van der Waals surface area contributed by atoms with E-state index in [0.29, 0.717) is 22.8 Å². The highest BCUT2D eigenvalue weighted by molar-refractivity contribution is 5.95. The number of rotatable bonds is 3. The summed E-state index contributed by atoms with van der Waals surface area (Å²) in [6.45, 7) is 0.219. The van der Waals surface area contributed by atoms with Gasteiger partial charge in [-0.25, -0.2) is 0 Å². The minimum Gasteiger partial charge on any atom is -0.496 e. The Balaban J connectivity index is 2.12. The Bertz CT molecular complexity index is 682. The zero-order chi connectivity index (χ0) is 14.1. The lowest BCUT2D eigenvalue weighted by molar-refractivity contribution is 0.100. The summed E-state index contributed by atoms with van der Waals surface area (Å²) in [5, 5.41) is 0. The predicted octanol–water partition coefficient (Wildman–Crippen LogP) is 2.19. The molecule has 0 fully saturated rings. The number of amides is 1. The highest BCUT2D eigenvalue weighted by Crippen LogP contribution is 2.38. The van der Waals surface area contributed by atoms with E-state index in [0.717, 1.165) is 11.1 Å². The van der Waals surface area contributed by atoms with Gasteiger partial charge in [0.1, 0.15) is 5.75 Å². The number of carbonyl (C=O) groups excluding carboxylic acids is 1. The minimum atomic E-state index is -0.477. The molecule has 0 atom stereocenters. The van der Waals surface area contributed by atoms with Crippen LogP contribution in [0.4, 0.5) is 0 Å². The SMILES string of the molecule is COc1ccc(C(N)=O)cc1-c1ccc2c(c1)OCO2. The Morgan fingerprint density at radius 3 is 2.70 bits per heavy atom. The van der Waals surface area contributed by atoms with E-state index in [-0.39, 0.29) is 6.79 Å². The number of primary amides is 1. The van der Waals surface area contributed by atoms with Crippen LogP contribution in [0.1, 0.15) is 10.4 Å². The average molecular weight is 271 g/mol. The van der Waals surface area contributed by atoms with Crippen LogP contribution in [-0.4, -0.2) is 19.8 Å². The van der Waals surface area contributed by atoms with Crippen LogP contribution >= 0.6 is 0 Å². The van der Waals surface area contributed by atoms with Crippen LogP contribution in [0.2, 0.25) is 0 Å². The van der Waals surface area contributed by atoms with Gasteiger partial charge >= 0.3 is 0 Å². The van der Waals surface area contributed by atoms with Crippen molar-refractivity contribution < 1.29 is 19.0 Å². The van der Waals surface area contributed by atoms with Crippen molar-refractivity contribution in [3.8, 4) is 28.4 Å². The molecule has 5 nitrogen and oxygen atoms in total. The Morgan fingerprint density at radius 2 is 1.95 bits per heavy atom. The maximum Gasteiger partial charge on any atom is 0.248 e. The highest BCUT2D eigenvalue weighted by atomic mass is 16.7. The van der Waals surface area contributed by atoms with Gasteiger partial charge in [0.2, 0.25) is 12.7 Å². The summed E-state index contributed by atoms with van der Waals surface area (Å²) in [5.41, 5.74) is 7.40. The fraction of sp³-hybridized carbons (Fsp3) is 0.133. The molecule has 3 rings (SSSR count). The molecule has 0 spiro atoms. The normalized spacial score (nSPS) is 12.2. The third kappa shape index (κ3) is 2.03. The molecule has 2 aromatic carbocycles. The quantitative estimate of drug-likeness (QED) is 0.928. The zero-order valence-corrected chi connectivity index (χ0v) is 10.9. The summed E-state index contributed by atoms with van der Waals surface area (Å²) < 4.78 is 16.0. The van der Waals surface area contributed by atoms with Crippen LogP contribution in [0.25, 0.3) is 11.1 Å². The van der Waals surface area contributed by atoms with E-state index in [1.165, 1.54) is 0 Å². The van der Waals surface area contributed by atoms with E-state index in [4.69, 9.17) is 19.9 Å². The van der Waals surface area contributed by atoms with E-state index in [1.54, 1.807) is 25.3 Å². The summed E-state index contributed by atoms with van der Waals surface area (Å²) >= 11 is 0. The molecule has 1 amide bonds. The lowest BCUT2D eigenvalue weighted by atomic mass is 10.0. The molecule has 5 heteroatoms. The molecular weight excluding hydrogens is 258 g/mol. The lowest BCUT2D eigenvalue weighted by Gasteiger charge is -2.10. The van der Waals surface area contributed by atoms with E-state index in [9.17, 15) is 4.79 Å². The lowest BCUT2D eigenvalue weighted by Crippen LogP contribution is -2.10. The first-order chi connectivity index (χ1) is 9.69. The molecule has 102 valence electrons. The fourth-order valence-electron chi connectivity index (χ4n) is 2.15. The van der Waals surface area contributed by atoms with Gasteiger partial charge in [-0.15, -0.1) is 0 Å². The maximum atomic E-state index is 11.3. The molecule has 0 saturated heterocycles. The second kappa shape index (κ2) is 4.77. The van der Waals surface area contributed by atoms with E-state index < -0.39 is 5.91 Å². The Labute approximate surface area is 115 Å². The summed E-state index contributed by atoms with van der Waals surface area (Å²) in [6, 6.07) is 10.6. The van der Waals surface area contributed by atoms with Crippen molar-refractivity contribution in [2.45, 2.75) is 0 Å². The second-order valence-corrected chi connectivity index (χ2v) is 4.35. The van der Waals surface area contributed by atoms with Gasteiger partial charge in [0, 0.05) is 11.1 Å². The van der Waals surface area contributed by atoms with Gasteiger partial charge in [0.25, 0.3) is 0 Å². The number of methoxy groups -OCH3 is 1. The number of nitrogens with two attached hydrogens (primary N) is 1. The molecule has 1 aliphatic heterocycles. The van der Waals surface area contributed by atoms with Gasteiger partial charge in [0.05, 0.1) is 7.11 Å². The first-order valence-corrected chi connectivity index (χ1v) is 6.07. The molecular formula is C15H13NO4. The number of benzene rings is 2. The van der Waals surface area contributed by atoms with Crippen molar-refractivity contribution in [1.82, 2.24) is 0 Å². The molecule has 0 aromatic heterocycles. The molecule has 0 unspecified atom stereocenters. The van der Waals surface area contributed by atoms with Crippen molar-refractivity contribution in [2.75, 3.05) is 13.9 Å². The summed E-state index contributed by atoms with van der Waals surface area (Å²) in [4.78, 5) is 11.3. The topological polar surface area (TPSA) is 70.8 Å². The number of hydrogen-bond donors (Lipinski definition) is 1. The number of hydrogen-bond acceptors (Lipinski definition) is 4. The van der Waals surface area contributed by atoms with Crippen molar-refractivity contribution in [3.63, 3.8) is 0 Å². The first kappa shape index (κ1) is 12.3. The predicted molar refractivity (Wildman–Crippen MR) is 73.1 cm³/mol. The van der Waals surface area contributed by atoms with Crippen LogP contribution in [0.5, 0.6) is 17.2 Å². The van der Waals surface area contributed by atoms with Gasteiger partial charge in [-0.3, -0.25) is 4.79 Å². The molecule has 1 heterocycles. The van der Waals surface area contributed by atoms with Gasteiger partial charge in [0.15, 0.2) is 11.5 Å². The first-order valence-electron chi connectivity index (χ1n) is 6.07. The summed E-state index contributed by atoms with van der Waals surface area (Å²) in [6.07, 6.45) is 0. The summed E-state index contributed by atoms with van der Waals surface area (Å²) in [7, 11) is 1.58. The van der Waals surface area contributed by atoms with Crippen molar-refractivity contribution in [1.29, 1.82) is 0 Å². The Kier molecular flexibility index (Phi) is 2.95. The molecule has 2 aromatic rings. The number of ether oxygens (including phenoxy) is 3. The Hall–Kier alpha value is -2.69. The molecule has 1 aliphatic rings. The van der Waals surface area contributed by atoms with E-state index in [1.807, 2.05) is 18.2 Å². The standard InChI is InChI=1S/C15H13NO4/c1-18-12-4-3-10(15(16)17)6-11(12)9-2-5-13-14(7-9)20-8-19-13/h2-7H,8H2,1H3,(H2,16,17). The van der Waals surface area contributed by atoms with Gasteiger partial charge in [-0.2, -0.15) is 0 Å². The average Bonchev–Trinajstić information content (AvgIpc) is 2.93. The molecule has 0 bridgehead atoms. The van der Waals surface area contributed by atoms with Crippen LogP contribution < -0.4 is 19.9 Å². The van der Waals surface area contributed by atoms with Crippen LogP contribution in [0, 0.1) is 0 Å². The summed E-state index contributed by atoms with van der Waals surface area (Å²) in [5.74, 6) is 1.57. The van der Waals surface area contributed by atoms with E-state index >= 15 is 0 Å². The van der Waals surface area contributed by atoms with E-state index in [2.05, 4.69) is 0 Å². The third-order valence-corrected chi connectivity index (χ3v) is 3.17. The van der Waals surface area contributed by atoms with Crippen molar-refractivity contribution in [3.05, 3.63) is 42.0 Å². The minimum absolute atomic E-state index is 0.219. The van der Waals surface area contributed by atoms with Crippen molar-refractivity contribution >= 4 is 5.91 Å². The fourth-order valence-corrected chi connectivity index (χ4v) is 2.15. The van der Waals surface area contributed by atoms with Gasteiger partial charge < -0.3 is 19.9 Å². The molecule has 0 saturated carbocycles. The zero-order valence-electron chi connectivity index (χ0n) is 10.9. The van der Waals surface area contributed by atoms with Gasteiger partial charge in [-0.1, -0.05) is 6.07 Å². The Morgan fingerprint density at radius 1 is 1.15 bits per heavy atom. The number of fused-ring (bicyclic) bond motifs is 1. The van der Waals surface area contributed by atoms with Crippen LogP contribution in [-0.2, 0) is 0 Å².